The summed E-state index contributed by atoms with van der Waals surface area (Å²) in [6.45, 7) is 1.64. The summed E-state index contributed by atoms with van der Waals surface area (Å²) in [5.41, 5.74) is 3.85. The molecule has 6 nitrogen and oxygen atoms in total. The second-order valence-corrected chi connectivity index (χ2v) is 8.23. The van der Waals surface area contributed by atoms with Gasteiger partial charge in [-0.3, -0.25) is 14.5 Å². The third-order valence-electron chi connectivity index (χ3n) is 4.73. The summed E-state index contributed by atoms with van der Waals surface area (Å²) in [5.74, 6) is -0.0729. The van der Waals surface area contributed by atoms with E-state index in [-0.39, 0.29) is 16.6 Å². The SMILES string of the molecule is CC(N=C1NS(=O)(=O)c2ccccc21)C(=O)Nc1ccc2c(c1)CCC2. The number of nitrogens with one attached hydrogen (secondary N) is 2. The third-order valence-corrected chi connectivity index (χ3v) is 6.13. The largest absolute Gasteiger partial charge is 0.324 e. The molecule has 1 aliphatic carbocycles. The Hall–Kier alpha value is -2.67. The third kappa shape index (κ3) is 2.99. The van der Waals surface area contributed by atoms with Gasteiger partial charge in [0.1, 0.15) is 11.9 Å². The molecular weight excluding hydrogens is 350 g/mol. The minimum Gasteiger partial charge on any atom is -0.324 e. The number of carbonyl (C=O) groups excluding carboxylic acids is 1. The van der Waals surface area contributed by atoms with Crippen LogP contribution in [0.25, 0.3) is 0 Å². The normalized spacial score (nSPS) is 19.5. The van der Waals surface area contributed by atoms with Gasteiger partial charge >= 0.3 is 0 Å². The predicted octanol–water partition coefficient (Wildman–Crippen LogP) is 2.24. The van der Waals surface area contributed by atoms with Gasteiger partial charge < -0.3 is 5.32 Å². The van der Waals surface area contributed by atoms with E-state index < -0.39 is 16.1 Å². The molecular formula is C19H19N3O3S. The fraction of sp³-hybridized carbons (Fsp3) is 0.263. The van der Waals surface area contributed by atoms with Gasteiger partial charge in [0.25, 0.3) is 10.0 Å². The number of aliphatic imine (C=N–C) groups is 1. The molecule has 0 bridgehead atoms. The van der Waals surface area contributed by atoms with Crippen molar-refractivity contribution in [3.05, 3.63) is 59.2 Å². The highest BCUT2D eigenvalue weighted by Gasteiger charge is 2.31. The molecule has 0 saturated carbocycles. The van der Waals surface area contributed by atoms with Crippen molar-refractivity contribution in [2.45, 2.75) is 37.1 Å². The molecule has 7 heteroatoms. The summed E-state index contributed by atoms with van der Waals surface area (Å²) in [4.78, 5) is 17.0. The molecule has 2 aromatic rings. The molecule has 0 spiro atoms. The quantitative estimate of drug-likeness (QED) is 0.870. The molecule has 2 N–H and O–H groups in total. The number of aryl methyl sites for hydroxylation is 2. The predicted molar refractivity (Wildman–Crippen MR) is 99.9 cm³/mol. The molecule has 1 unspecified atom stereocenters. The second-order valence-electron chi connectivity index (χ2n) is 6.58. The maximum absolute atomic E-state index is 12.5. The standard InChI is InChI=1S/C19H19N3O3S/c1-12(19(23)21-15-10-9-13-5-4-6-14(13)11-15)20-18-16-7-2-3-8-17(16)26(24,25)22-18/h2-3,7-12H,4-6H2,1H3,(H,20,22)(H,21,23). The minimum atomic E-state index is -3.60. The van der Waals surface area contributed by atoms with Crippen LogP contribution in [0.4, 0.5) is 5.69 Å². The summed E-state index contributed by atoms with van der Waals surface area (Å²) >= 11 is 0. The number of anilines is 1. The molecule has 2 aromatic carbocycles. The number of sulfonamides is 1. The van der Waals surface area contributed by atoms with E-state index in [1.807, 2.05) is 12.1 Å². The topological polar surface area (TPSA) is 87.6 Å². The van der Waals surface area contributed by atoms with Gasteiger partial charge in [-0.15, -0.1) is 0 Å². The number of hydrogen-bond acceptors (Lipinski definition) is 4. The van der Waals surface area contributed by atoms with Crippen LogP contribution in [0.3, 0.4) is 0 Å². The van der Waals surface area contributed by atoms with Crippen LogP contribution in [0.15, 0.2) is 52.4 Å². The number of amides is 1. The van der Waals surface area contributed by atoms with E-state index in [0.717, 1.165) is 24.9 Å². The van der Waals surface area contributed by atoms with Crippen LogP contribution in [-0.2, 0) is 27.7 Å². The van der Waals surface area contributed by atoms with Crippen LogP contribution in [-0.4, -0.2) is 26.2 Å². The van der Waals surface area contributed by atoms with Crippen LogP contribution >= 0.6 is 0 Å². The molecule has 1 heterocycles. The first-order valence-corrected chi connectivity index (χ1v) is 10.0. The van der Waals surface area contributed by atoms with E-state index in [0.29, 0.717) is 5.56 Å². The van der Waals surface area contributed by atoms with Gasteiger partial charge in [0.15, 0.2) is 0 Å². The van der Waals surface area contributed by atoms with Gasteiger partial charge in [-0.1, -0.05) is 18.2 Å². The molecule has 1 aliphatic heterocycles. The Balaban J connectivity index is 1.54. The van der Waals surface area contributed by atoms with Gasteiger partial charge in [0, 0.05) is 11.3 Å². The highest BCUT2D eigenvalue weighted by Crippen LogP contribution is 2.25. The molecule has 26 heavy (non-hydrogen) atoms. The van der Waals surface area contributed by atoms with E-state index in [1.165, 1.54) is 17.2 Å². The van der Waals surface area contributed by atoms with Crippen LogP contribution in [0, 0.1) is 0 Å². The highest BCUT2D eigenvalue weighted by atomic mass is 32.2. The molecule has 0 aromatic heterocycles. The molecule has 0 radical (unpaired) electrons. The monoisotopic (exact) mass is 369 g/mol. The van der Waals surface area contributed by atoms with Crippen molar-refractivity contribution in [2.75, 3.05) is 5.32 Å². The van der Waals surface area contributed by atoms with Gasteiger partial charge in [0.05, 0.1) is 4.90 Å². The van der Waals surface area contributed by atoms with Crippen molar-refractivity contribution >= 4 is 27.5 Å². The Bertz CT molecular complexity index is 1030. The Morgan fingerprint density at radius 3 is 2.77 bits per heavy atom. The smallest absolute Gasteiger partial charge is 0.263 e. The molecule has 1 atom stereocenters. The number of carbonyl (C=O) groups is 1. The summed E-state index contributed by atoms with van der Waals surface area (Å²) < 4.78 is 26.7. The van der Waals surface area contributed by atoms with E-state index >= 15 is 0 Å². The lowest BCUT2D eigenvalue weighted by atomic mass is 10.1. The van der Waals surface area contributed by atoms with Crippen LogP contribution in [0.1, 0.15) is 30.0 Å². The number of nitrogens with zero attached hydrogens (tertiary/aromatic N) is 1. The van der Waals surface area contributed by atoms with Crippen molar-refractivity contribution in [3.63, 3.8) is 0 Å². The van der Waals surface area contributed by atoms with Crippen molar-refractivity contribution in [2.24, 2.45) is 4.99 Å². The van der Waals surface area contributed by atoms with E-state index in [4.69, 9.17) is 0 Å². The maximum Gasteiger partial charge on any atom is 0.263 e. The fourth-order valence-corrected chi connectivity index (χ4v) is 4.62. The Morgan fingerprint density at radius 2 is 1.92 bits per heavy atom. The van der Waals surface area contributed by atoms with Crippen molar-refractivity contribution in [3.8, 4) is 0 Å². The van der Waals surface area contributed by atoms with Crippen molar-refractivity contribution in [1.29, 1.82) is 0 Å². The number of benzene rings is 2. The molecule has 1 amide bonds. The van der Waals surface area contributed by atoms with E-state index in [1.54, 1.807) is 25.1 Å². The lowest BCUT2D eigenvalue weighted by molar-refractivity contribution is -0.117. The Kier molecular flexibility index (Phi) is 4.03. The molecule has 4 rings (SSSR count). The first-order valence-electron chi connectivity index (χ1n) is 8.57. The Labute approximate surface area is 152 Å². The van der Waals surface area contributed by atoms with E-state index in [9.17, 15) is 13.2 Å². The molecule has 134 valence electrons. The fourth-order valence-electron chi connectivity index (χ4n) is 3.38. The van der Waals surface area contributed by atoms with Gasteiger partial charge in [-0.05, 0) is 61.6 Å². The molecule has 0 saturated heterocycles. The average Bonchev–Trinajstić information content (AvgIpc) is 3.17. The van der Waals surface area contributed by atoms with Gasteiger partial charge in [-0.25, -0.2) is 8.42 Å². The van der Waals surface area contributed by atoms with Gasteiger partial charge in [0.2, 0.25) is 5.91 Å². The zero-order valence-electron chi connectivity index (χ0n) is 14.3. The maximum atomic E-state index is 12.5. The molecule has 2 aliphatic rings. The number of amidine groups is 1. The van der Waals surface area contributed by atoms with Crippen LogP contribution in [0.5, 0.6) is 0 Å². The lowest BCUT2D eigenvalue weighted by Crippen LogP contribution is -2.28. The number of hydrogen-bond donors (Lipinski definition) is 2. The number of rotatable bonds is 3. The average molecular weight is 369 g/mol. The first-order chi connectivity index (χ1) is 12.4. The van der Waals surface area contributed by atoms with Crippen LogP contribution in [0.2, 0.25) is 0 Å². The van der Waals surface area contributed by atoms with Crippen LogP contribution < -0.4 is 10.0 Å². The highest BCUT2D eigenvalue weighted by molar-refractivity contribution is 7.90. The lowest BCUT2D eigenvalue weighted by Gasteiger charge is -2.11. The summed E-state index contributed by atoms with van der Waals surface area (Å²) in [6, 6.07) is 11.8. The molecule has 0 fully saturated rings. The van der Waals surface area contributed by atoms with Crippen molar-refractivity contribution in [1.82, 2.24) is 4.72 Å². The zero-order chi connectivity index (χ0) is 18.3. The summed E-state index contributed by atoms with van der Waals surface area (Å²) in [7, 11) is -3.60. The van der Waals surface area contributed by atoms with Crippen molar-refractivity contribution < 1.29 is 13.2 Å². The first kappa shape index (κ1) is 16.8. The summed E-state index contributed by atoms with van der Waals surface area (Å²) in [6.07, 6.45) is 3.28. The second kappa shape index (κ2) is 6.25. The Morgan fingerprint density at radius 1 is 1.15 bits per heavy atom. The zero-order valence-corrected chi connectivity index (χ0v) is 15.1. The summed E-state index contributed by atoms with van der Waals surface area (Å²) in [5, 5.41) is 2.87. The van der Waals surface area contributed by atoms with E-state index in [2.05, 4.69) is 21.1 Å². The minimum absolute atomic E-state index is 0.185. The number of fused-ring (bicyclic) bond motifs is 2. The van der Waals surface area contributed by atoms with Gasteiger partial charge in [-0.2, -0.15) is 0 Å².